The molecular formula is C22H26N4OS. The van der Waals surface area contributed by atoms with Crippen LogP contribution in [0.1, 0.15) is 35.9 Å². The van der Waals surface area contributed by atoms with E-state index >= 15 is 0 Å². The Morgan fingerprint density at radius 3 is 2.46 bits per heavy atom. The van der Waals surface area contributed by atoms with Crippen molar-refractivity contribution in [1.29, 1.82) is 0 Å². The van der Waals surface area contributed by atoms with Crippen LogP contribution in [0.2, 0.25) is 0 Å². The van der Waals surface area contributed by atoms with Crippen molar-refractivity contribution in [3.8, 4) is 0 Å². The zero-order valence-electron chi connectivity index (χ0n) is 16.6. The molecule has 0 unspecified atom stereocenters. The number of hydrogen-bond acceptors (Lipinski definition) is 4. The molecule has 0 atom stereocenters. The molecule has 1 amide bonds. The van der Waals surface area contributed by atoms with E-state index in [0.717, 1.165) is 47.2 Å². The van der Waals surface area contributed by atoms with E-state index in [9.17, 15) is 4.79 Å². The van der Waals surface area contributed by atoms with Crippen LogP contribution in [0.15, 0.2) is 53.7 Å². The van der Waals surface area contributed by atoms with Crippen molar-refractivity contribution in [3.05, 3.63) is 71.0 Å². The molecule has 2 aromatic carbocycles. The molecule has 3 aromatic rings. The molecule has 6 heteroatoms. The number of thioether (sulfide) groups is 1. The third kappa shape index (κ3) is 5.45. The second-order valence-corrected chi connectivity index (χ2v) is 7.87. The first kappa shape index (κ1) is 20.1. The standard InChI is InChI=1S/C22H26N4OS/c1-4-10-26-20(14-18-8-6-5-7-9-18)24-25-22(26)28-15-21(27)23-19-12-16(2)11-17(3)13-19/h5-9,11-13H,4,10,14-15H2,1-3H3,(H,23,27). The zero-order chi connectivity index (χ0) is 19.9. The van der Waals surface area contributed by atoms with Crippen molar-refractivity contribution in [1.82, 2.24) is 14.8 Å². The largest absolute Gasteiger partial charge is 0.325 e. The number of aryl methyl sites for hydroxylation is 2. The van der Waals surface area contributed by atoms with Gasteiger partial charge in [-0.25, -0.2) is 0 Å². The zero-order valence-corrected chi connectivity index (χ0v) is 17.4. The maximum Gasteiger partial charge on any atom is 0.234 e. The molecule has 0 aliphatic rings. The molecule has 0 radical (unpaired) electrons. The van der Waals surface area contributed by atoms with Gasteiger partial charge in [0.15, 0.2) is 5.16 Å². The summed E-state index contributed by atoms with van der Waals surface area (Å²) in [5.41, 5.74) is 4.31. The smallest absolute Gasteiger partial charge is 0.234 e. The summed E-state index contributed by atoms with van der Waals surface area (Å²) in [5, 5.41) is 12.5. The van der Waals surface area contributed by atoms with Gasteiger partial charge in [-0.1, -0.05) is 55.1 Å². The third-order valence-electron chi connectivity index (χ3n) is 4.28. The van der Waals surface area contributed by atoms with Crippen molar-refractivity contribution in [2.75, 3.05) is 11.1 Å². The van der Waals surface area contributed by atoms with Crippen LogP contribution < -0.4 is 5.32 Å². The SMILES string of the molecule is CCCn1c(Cc2ccccc2)nnc1SCC(=O)Nc1cc(C)cc(C)c1. The minimum atomic E-state index is -0.0364. The fourth-order valence-electron chi connectivity index (χ4n) is 3.16. The van der Waals surface area contributed by atoms with Crippen LogP contribution in [0, 0.1) is 13.8 Å². The summed E-state index contributed by atoms with van der Waals surface area (Å²) in [6.07, 6.45) is 1.73. The van der Waals surface area contributed by atoms with Crippen molar-refractivity contribution >= 4 is 23.4 Å². The Morgan fingerprint density at radius 2 is 1.79 bits per heavy atom. The summed E-state index contributed by atoms with van der Waals surface area (Å²) in [4.78, 5) is 12.4. The van der Waals surface area contributed by atoms with E-state index in [1.807, 2.05) is 44.2 Å². The summed E-state index contributed by atoms with van der Waals surface area (Å²) in [7, 11) is 0. The van der Waals surface area contributed by atoms with Crippen LogP contribution in [0.5, 0.6) is 0 Å². The minimum Gasteiger partial charge on any atom is -0.325 e. The number of nitrogens with one attached hydrogen (secondary N) is 1. The first-order valence-corrected chi connectivity index (χ1v) is 10.5. The van der Waals surface area contributed by atoms with E-state index in [0.29, 0.717) is 5.75 Å². The highest BCUT2D eigenvalue weighted by molar-refractivity contribution is 7.99. The Hall–Kier alpha value is -2.60. The molecule has 1 N–H and O–H groups in total. The number of hydrogen-bond donors (Lipinski definition) is 1. The van der Waals surface area contributed by atoms with Gasteiger partial charge in [0, 0.05) is 18.7 Å². The second-order valence-electron chi connectivity index (χ2n) is 6.93. The molecule has 146 valence electrons. The van der Waals surface area contributed by atoms with Crippen LogP contribution in [0.4, 0.5) is 5.69 Å². The Morgan fingerprint density at radius 1 is 1.07 bits per heavy atom. The Bertz CT molecular complexity index is 917. The summed E-state index contributed by atoms with van der Waals surface area (Å²) >= 11 is 1.43. The van der Waals surface area contributed by atoms with E-state index in [-0.39, 0.29) is 5.91 Å². The molecule has 0 spiro atoms. The monoisotopic (exact) mass is 394 g/mol. The Balaban J connectivity index is 1.65. The lowest BCUT2D eigenvalue weighted by molar-refractivity contribution is -0.113. The lowest BCUT2D eigenvalue weighted by Gasteiger charge is -2.10. The molecule has 1 heterocycles. The van der Waals surface area contributed by atoms with E-state index in [2.05, 4.69) is 45.2 Å². The maximum absolute atomic E-state index is 12.4. The van der Waals surface area contributed by atoms with Crippen molar-refractivity contribution in [2.24, 2.45) is 0 Å². The van der Waals surface area contributed by atoms with E-state index < -0.39 is 0 Å². The van der Waals surface area contributed by atoms with Gasteiger partial charge in [-0.15, -0.1) is 10.2 Å². The predicted molar refractivity (Wildman–Crippen MR) is 115 cm³/mol. The van der Waals surface area contributed by atoms with E-state index in [4.69, 9.17) is 0 Å². The fourth-order valence-corrected chi connectivity index (χ4v) is 3.94. The van der Waals surface area contributed by atoms with Crippen LogP contribution in [0.25, 0.3) is 0 Å². The van der Waals surface area contributed by atoms with Gasteiger partial charge in [0.25, 0.3) is 0 Å². The molecule has 0 fully saturated rings. The third-order valence-corrected chi connectivity index (χ3v) is 5.25. The maximum atomic E-state index is 12.4. The lowest BCUT2D eigenvalue weighted by Crippen LogP contribution is -2.15. The van der Waals surface area contributed by atoms with Crippen LogP contribution in [0.3, 0.4) is 0 Å². The van der Waals surface area contributed by atoms with Gasteiger partial charge in [-0.05, 0) is 49.1 Å². The van der Waals surface area contributed by atoms with Gasteiger partial charge in [0.2, 0.25) is 5.91 Å². The molecule has 28 heavy (non-hydrogen) atoms. The number of anilines is 1. The first-order valence-electron chi connectivity index (χ1n) is 9.52. The molecule has 5 nitrogen and oxygen atoms in total. The average molecular weight is 395 g/mol. The highest BCUT2D eigenvalue weighted by atomic mass is 32.2. The molecule has 1 aromatic heterocycles. The molecule has 0 aliphatic heterocycles. The summed E-state index contributed by atoms with van der Waals surface area (Å²) in [5.74, 6) is 1.20. The molecule has 0 saturated heterocycles. The van der Waals surface area contributed by atoms with Gasteiger partial charge >= 0.3 is 0 Å². The minimum absolute atomic E-state index is 0.0364. The number of benzene rings is 2. The van der Waals surface area contributed by atoms with Crippen LogP contribution in [-0.2, 0) is 17.8 Å². The molecule has 0 saturated carbocycles. The van der Waals surface area contributed by atoms with Crippen LogP contribution in [-0.4, -0.2) is 26.4 Å². The summed E-state index contributed by atoms with van der Waals surface area (Å²) < 4.78 is 2.13. The number of carbonyl (C=O) groups excluding carboxylic acids is 1. The number of rotatable bonds is 8. The molecule has 0 aliphatic carbocycles. The molecule has 3 rings (SSSR count). The van der Waals surface area contributed by atoms with Gasteiger partial charge in [-0.3, -0.25) is 4.79 Å². The number of amides is 1. The number of aromatic nitrogens is 3. The summed E-state index contributed by atoms with van der Waals surface area (Å²) in [6, 6.07) is 16.3. The number of nitrogens with zero attached hydrogens (tertiary/aromatic N) is 3. The quantitative estimate of drug-likeness (QED) is 0.566. The van der Waals surface area contributed by atoms with Crippen molar-refractivity contribution in [3.63, 3.8) is 0 Å². The normalized spacial score (nSPS) is 10.8. The van der Waals surface area contributed by atoms with Crippen molar-refractivity contribution < 1.29 is 4.79 Å². The number of carbonyl (C=O) groups is 1. The Labute approximate surface area is 170 Å². The summed E-state index contributed by atoms with van der Waals surface area (Å²) in [6.45, 7) is 7.03. The lowest BCUT2D eigenvalue weighted by atomic mass is 10.1. The van der Waals surface area contributed by atoms with Gasteiger partial charge < -0.3 is 9.88 Å². The first-order chi connectivity index (χ1) is 13.5. The molecular weight excluding hydrogens is 368 g/mol. The van der Waals surface area contributed by atoms with Crippen LogP contribution >= 0.6 is 11.8 Å². The van der Waals surface area contributed by atoms with E-state index in [1.165, 1.54) is 17.3 Å². The fraction of sp³-hybridized carbons (Fsp3) is 0.318. The van der Waals surface area contributed by atoms with Crippen molar-refractivity contribution in [2.45, 2.75) is 45.3 Å². The topological polar surface area (TPSA) is 59.8 Å². The molecule has 0 bridgehead atoms. The highest BCUT2D eigenvalue weighted by Crippen LogP contribution is 2.20. The van der Waals surface area contributed by atoms with Gasteiger partial charge in [-0.2, -0.15) is 0 Å². The Kier molecular flexibility index (Phi) is 6.87. The van der Waals surface area contributed by atoms with E-state index in [1.54, 1.807) is 0 Å². The second kappa shape index (κ2) is 9.55. The highest BCUT2D eigenvalue weighted by Gasteiger charge is 2.14. The van der Waals surface area contributed by atoms with Gasteiger partial charge in [0.05, 0.1) is 5.75 Å². The predicted octanol–water partition coefficient (Wildman–Crippen LogP) is 4.63. The average Bonchev–Trinajstić information content (AvgIpc) is 3.02. The van der Waals surface area contributed by atoms with Gasteiger partial charge in [0.1, 0.15) is 5.82 Å².